The molecule has 0 radical (unpaired) electrons. The number of aromatic nitrogens is 2. The second kappa shape index (κ2) is 6.95. The van der Waals surface area contributed by atoms with Gasteiger partial charge >= 0.3 is 6.08 Å². The van der Waals surface area contributed by atoms with Crippen LogP contribution in [0.25, 0.3) is 11.5 Å². The zero-order chi connectivity index (χ0) is 15.2. The number of hydrogen-bond acceptors (Lipinski definition) is 5. The standard InChI is InChI=1S/C16H13ClN2O3/c17-13-7-4-8-14(11-13)20-9-10-21-16-19-18-15(22-16)12-5-2-1-3-6-12/h1-8,11H,9-10H2. The van der Waals surface area contributed by atoms with Crippen LogP contribution in [-0.2, 0) is 0 Å². The third-order valence-electron chi connectivity index (χ3n) is 2.80. The van der Waals surface area contributed by atoms with Crippen LogP contribution in [-0.4, -0.2) is 23.4 Å². The minimum Gasteiger partial charge on any atom is -0.490 e. The molecule has 0 aliphatic carbocycles. The van der Waals surface area contributed by atoms with Crippen LogP contribution in [0.3, 0.4) is 0 Å². The molecule has 0 N–H and O–H groups in total. The highest BCUT2D eigenvalue weighted by atomic mass is 35.5. The van der Waals surface area contributed by atoms with Gasteiger partial charge in [0.05, 0.1) is 0 Å². The van der Waals surface area contributed by atoms with Gasteiger partial charge in [0.1, 0.15) is 19.0 Å². The Morgan fingerprint density at radius 2 is 1.73 bits per heavy atom. The van der Waals surface area contributed by atoms with E-state index in [9.17, 15) is 0 Å². The summed E-state index contributed by atoms with van der Waals surface area (Å²) in [7, 11) is 0. The van der Waals surface area contributed by atoms with Crippen LogP contribution >= 0.6 is 11.6 Å². The van der Waals surface area contributed by atoms with E-state index in [4.69, 9.17) is 25.5 Å². The molecule has 1 heterocycles. The summed E-state index contributed by atoms with van der Waals surface area (Å²) in [6, 6.07) is 16.7. The summed E-state index contributed by atoms with van der Waals surface area (Å²) in [5.74, 6) is 1.11. The van der Waals surface area contributed by atoms with Crippen molar-refractivity contribution >= 4 is 11.6 Å². The van der Waals surface area contributed by atoms with Crippen molar-refractivity contribution in [2.75, 3.05) is 13.2 Å². The van der Waals surface area contributed by atoms with E-state index in [-0.39, 0.29) is 6.08 Å². The fraction of sp³-hybridized carbons (Fsp3) is 0.125. The lowest BCUT2D eigenvalue weighted by Crippen LogP contribution is -2.09. The van der Waals surface area contributed by atoms with E-state index in [1.54, 1.807) is 12.1 Å². The summed E-state index contributed by atoms with van der Waals surface area (Å²) in [5, 5.41) is 8.40. The van der Waals surface area contributed by atoms with Gasteiger partial charge in [0.25, 0.3) is 5.89 Å². The summed E-state index contributed by atoms with van der Waals surface area (Å²) in [6.07, 6.45) is 0.119. The maximum absolute atomic E-state index is 5.87. The number of ether oxygens (including phenoxy) is 2. The largest absolute Gasteiger partial charge is 0.490 e. The fourth-order valence-corrected chi connectivity index (χ4v) is 1.99. The average Bonchev–Trinajstić information content (AvgIpc) is 3.01. The second-order valence-corrected chi connectivity index (χ2v) is 4.83. The van der Waals surface area contributed by atoms with Gasteiger partial charge in [0.2, 0.25) is 0 Å². The maximum Gasteiger partial charge on any atom is 0.415 e. The van der Waals surface area contributed by atoms with E-state index < -0.39 is 0 Å². The van der Waals surface area contributed by atoms with Crippen LogP contribution in [0.1, 0.15) is 0 Å². The van der Waals surface area contributed by atoms with E-state index in [0.29, 0.717) is 29.9 Å². The van der Waals surface area contributed by atoms with Crippen LogP contribution in [0.4, 0.5) is 0 Å². The van der Waals surface area contributed by atoms with E-state index in [1.807, 2.05) is 42.5 Å². The molecule has 2 aromatic carbocycles. The highest BCUT2D eigenvalue weighted by Crippen LogP contribution is 2.20. The maximum atomic E-state index is 5.87. The van der Waals surface area contributed by atoms with Crippen molar-refractivity contribution in [2.24, 2.45) is 0 Å². The first-order valence-corrected chi connectivity index (χ1v) is 7.09. The summed E-state index contributed by atoms with van der Waals surface area (Å²) in [5.41, 5.74) is 0.847. The minimum atomic E-state index is 0.119. The first-order valence-electron chi connectivity index (χ1n) is 6.71. The normalized spacial score (nSPS) is 10.4. The van der Waals surface area contributed by atoms with Crippen molar-refractivity contribution < 1.29 is 13.9 Å². The van der Waals surface area contributed by atoms with Crippen molar-refractivity contribution in [1.29, 1.82) is 0 Å². The number of hydrogen-bond donors (Lipinski definition) is 0. The Morgan fingerprint density at radius 3 is 2.55 bits per heavy atom. The van der Waals surface area contributed by atoms with Gasteiger partial charge < -0.3 is 13.9 Å². The predicted octanol–water partition coefficient (Wildman–Crippen LogP) is 3.85. The molecule has 0 bridgehead atoms. The van der Waals surface area contributed by atoms with E-state index in [2.05, 4.69) is 10.2 Å². The molecule has 0 saturated carbocycles. The zero-order valence-corrected chi connectivity index (χ0v) is 12.4. The van der Waals surface area contributed by atoms with Crippen molar-refractivity contribution in [3.63, 3.8) is 0 Å². The Balaban J connectivity index is 1.49. The summed E-state index contributed by atoms with van der Waals surface area (Å²) < 4.78 is 16.3. The van der Waals surface area contributed by atoms with Crippen molar-refractivity contribution in [3.8, 4) is 23.3 Å². The lowest BCUT2D eigenvalue weighted by molar-refractivity contribution is 0.177. The summed E-state index contributed by atoms with van der Waals surface area (Å²) >= 11 is 5.87. The zero-order valence-electron chi connectivity index (χ0n) is 11.6. The second-order valence-electron chi connectivity index (χ2n) is 4.39. The summed E-state index contributed by atoms with van der Waals surface area (Å²) in [6.45, 7) is 0.645. The molecule has 22 heavy (non-hydrogen) atoms. The molecule has 0 amide bonds. The number of nitrogens with zero attached hydrogens (tertiary/aromatic N) is 2. The Morgan fingerprint density at radius 1 is 0.909 bits per heavy atom. The number of benzene rings is 2. The molecule has 3 aromatic rings. The molecule has 0 spiro atoms. The van der Waals surface area contributed by atoms with Crippen molar-refractivity contribution in [3.05, 3.63) is 59.6 Å². The summed E-state index contributed by atoms with van der Waals surface area (Å²) in [4.78, 5) is 0. The highest BCUT2D eigenvalue weighted by molar-refractivity contribution is 6.30. The quantitative estimate of drug-likeness (QED) is 0.646. The van der Waals surface area contributed by atoms with Crippen LogP contribution in [0.5, 0.6) is 11.8 Å². The van der Waals surface area contributed by atoms with Gasteiger partial charge in [0.15, 0.2) is 0 Å². The average molecular weight is 317 g/mol. The Bertz CT molecular complexity index is 731. The van der Waals surface area contributed by atoms with Crippen molar-refractivity contribution in [2.45, 2.75) is 0 Å². The monoisotopic (exact) mass is 316 g/mol. The van der Waals surface area contributed by atoms with E-state index >= 15 is 0 Å². The van der Waals surface area contributed by atoms with Gasteiger partial charge in [-0.05, 0) is 30.3 Å². The first-order chi connectivity index (χ1) is 10.8. The van der Waals surface area contributed by atoms with Gasteiger partial charge in [-0.2, -0.15) is 0 Å². The Labute approximate surface area is 132 Å². The molecular weight excluding hydrogens is 304 g/mol. The Hall–Kier alpha value is -2.53. The van der Waals surface area contributed by atoms with Gasteiger partial charge in [-0.1, -0.05) is 41.0 Å². The van der Waals surface area contributed by atoms with E-state index in [1.165, 1.54) is 0 Å². The van der Waals surface area contributed by atoms with Crippen LogP contribution < -0.4 is 9.47 Å². The van der Waals surface area contributed by atoms with Crippen LogP contribution in [0.15, 0.2) is 59.0 Å². The molecule has 112 valence electrons. The third-order valence-corrected chi connectivity index (χ3v) is 3.04. The van der Waals surface area contributed by atoms with Gasteiger partial charge in [0, 0.05) is 10.6 Å². The Kier molecular flexibility index (Phi) is 4.56. The SMILES string of the molecule is Clc1cccc(OCCOc2nnc(-c3ccccc3)o2)c1. The third kappa shape index (κ3) is 3.77. The molecular formula is C16H13ClN2O3. The smallest absolute Gasteiger partial charge is 0.415 e. The molecule has 0 aliphatic rings. The molecule has 5 nitrogen and oxygen atoms in total. The lowest BCUT2D eigenvalue weighted by atomic mass is 10.2. The predicted molar refractivity (Wildman–Crippen MR) is 82.2 cm³/mol. The molecule has 1 aromatic heterocycles. The number of rotatable bonds is 6. The van der Waals surface area contributed by atoms with E-state index in [0.717, 1.165) is 5.56 Å². The molecule has 3 rings (SSSR count). The lowest BCUT2D eigenvalue weighted by Gasteiger charge is -2.05. The van der Waals surface area contributed by atoms with Gasteiger partial charge in [-0.3, -0.25) is 0 Å². The molecule has 0 unspecified atom stereocenters. The van der Waals surface area contributed by atoms with Crippen LogP contribution in [0.2, 0.25) is 5.02 Å². The molecule has 0 saturated heterocycles. The van der Waals surface area contributed by atoms with Crippen LogP contribution in [0, 0.1) is 0 Å². The topological polar surface area (TPSA) is 57.4 Å². The molecule has 0 fully saturated rings. The minimum absolute atomic E-state index is 0.119. The number of halogens is 1. The molecule has 0 aliphatic heterocycles. The first kappa shape index (κ1) is 14.4. The van der Waals surface area contributed by atoms with Crippen molar-refractivity contribution in [1.82, 2.24) is 10.2 Å². The molecule has 6 heteroatoms. The molecule has 0 atom stereocenters. The van der Waals surface area contributed by atoms with Gasteiger partial charge in [-0.15, -0.1) is 5.10 Å². The van der Waals surface area contributed by atoms with Gasteiger partial charge in [-0.25, -0.2) is 0 Å². The highest BCUT2D eigenvalue weighted by Gasteiger charge is 2.08. The fourth-order valence-electron chi connectivity index (χ4n) is 1.81.